The molecule has 7 heteroatoms. The van der Waals surface area contributed by atoms with E-state index in [1.165, 1.54) is 6.20 Å². The lowest BCUT2D eigenvalue weighted by Gasteiger charge is -2.61. The monoisotopic (exact) mass is 316 g/mol. The summed E-state index contributed by atoms with van der Waals surface area (Å²) < 4.78 is 21.0. The van der Waals surface area contributed by atoms with Crippen molar-refractivity contribution in [2.24, 2.45) is 5.92 Å². The molecule has 1 atom stereocenters. The summed E-state index contributed by atoms with van der Waals surface area (Å²) in [6.45, 7) is 0.660. The Bertz CT molecular complexity index is 801. The number of Topliss-reactive ketones (excluding diaryl/α,β-unsaturated/α-hetero) is 1. The molecule has 2 aromatic heterocycles. The van der Waals surface area contributed by atoms with Crippen LogP contribution < -0.4 is 5.32 Å². The molecular formula is C16H17FN4O2. The maximum absolute atomic E-state index is 14.2. The number of nitrogens with one attached hydrogen (secondary N) is 1. The molecule has 2 bridgehead atoms. The van der Waals surface area contributed by atoms with Crippen LogP contribution in [0.25, 0.3) is 5.52 Å². The zero-order valence-corrected chi connectivity index (χ0v) is 12.6. The van der Waals surface area contributed by atoms with Crippen molar-refractivity contribution in [3.05, 3.63) is 23.8 Å². The van der Waals surface area contributed by atoms with E-state index < -0.39 is 0 Å². The number of fused-ring (bicyclic) bond motifs is 1. The normalized spacial score (nSPS) is 32.5. The molecule has 2 aromatic rings. The maximum atomic E-state index is 14.2. The van der Waals surface area contributed by atoms with E-state index >= 15 is 0 Å². The topological polar surface area (TPSA) is 68.5 Å². The number of rotatable bonds is 3. The highest BCUT2D eigenvalue weighted by Crippen LogP contribution is 2.65. The van der Waals surface area contributed by atoms with Crippen LogP contribution in [0.2, 0.25) is 0 Å². The van der Waals surface area contributed by atoms with E-state index in [1.807, 2.05) is 0 Å². The fourth-order valence-electron chi connectivity index (χ4n) is 4.13. The Morgan fingerprint density at radius 1 is 1.39 bits per heavy atom. The molecule has 1 aliphatic heterocycles. The lowest BCUT2D eigenvalue weighted by atomic mass is 9.43. The number of carbonyl (C=O) groups is 1. The van der Waals surface area contributed by atoms with Gasteiger partial charge >= 0.3 is 0 Å². The summed E-state index contributed by atoms with van der Waals surface area (Å²) in [5, 5.41) is 7.52. The fraction of sp³-hybridized carbons (Fsp3) is 0.562. The van der Waals surface area contributed by atoms with Gasteiger partial charge in [-0.3, -0.25) is 4.79 Å². The number of ether oxygens (including phenoxy) is 1. The summed E-state index contributed by atoms with van der Waals surface area (Å²) in [7, 11) is 0. The van der Waals surface area contributed by atoms with Crippen molar-refractivity contribution in [3.63, 3.8) is 0 Å². The van der Waals surface area contributed by atoms with Crippen LogP contribution in [0.5, 0.6) is 0 Å². The van der Waals surface area contributed by atoms with Crippen molar-refractivity contribution in [3.8, 4) is 0 Å². The Morgan fingerprint density at radius 3 is 2.91 bits per heavy atom. The van der Waals surface area contributed by atoms with Gasteiger partial charge in [-0.05, 0) is 37.7 Å². The molecule has 3 saturated carbocycles. The van der Waals surface area contributed by atoms with E-state index in [-0.39, 0.29) is 29.7 Å². The van der Waals surface area contributed by atoms with Crippen LogP contribution in [-0.2, 0) is 14.9 Å². The molecule has 0 unspecified atom stereocenters. The maximum Gasteiger partial charge on any atom is 0.241 e. The Balaban J connectivity index is 1.51. The predicted octanol–water partition coefficient (Wildman–Crippen LogP) is 1.69. The van der Waals surface area contributed by atoms with Gasteiger partial charge in [-0.2, -0.15) is 0 Å². The quantitative estimate of drug-likeness (QED) is 0.933. The minimum Gasteiger partial charge on any atom is -0.374 e. The van der Waals surface area contributed by atoms with Crippen molar-refractivity contribution in [1.29, 1.82) is 0 Å². The summed E-state index contributed by atoms with van der Waals surface area (Å²) in [6, 6.07) is 1.27. The second-order valence-electron chi connectivity index (χ2n) is 7.02. The molecule has 6 rings (SSSR count). The Hall–Kier alpha value is -2.02. The largest absolute Gasteiger partial charge is 0.374 e. The molecule has 1 N–H and O–H groups in total. The van der Waals surface area contributed by atoms with E-state index in [2.05, 4.69) is 15.4 Å². The van der Waals surface area contributed by atoms with Crippen molar-refractivity contribution in [2.45, 2.75) is 37.1 Å². The molecular weight excluding hydrogens is 299 g/mol. The molecule has 4 aliphatic rings. The van der Waals surface area contributed by atoms with Crippen LogP contribution in [0.15, 0.2) is 12.3 Å². The Kier molecular flexibility index (Phi) is 2.63. The van der Waals surface area contributed by atoms with Gasteiger partial charge in [0.05, 0.1) is 17.9 Å². The van der Waals surface area contributed by atoms with Crippen molar-refractivity contribution < 1.29 is 13.9 Å². The van der Waals surface area contributed by atoms with Crippen LogP contribution >= 0.6 is 0 Å². The van der Waals surface area contributed by atoms with Crippen LogP contribution in [0, 0.1) is 11.7 Å². The van der Waals surface area contributed by atoms with Crippen molar-refractivity contribution in [2.75, 3.05) is 18.5 Å². The first kappa shape index (κ1) is 13.4. The first-order valence-electron chi connectivity index (χ1n) is 8.06. The van der Waals surface area contributed by atoms with Gasteiger partial charge < -0.3 is 10.1 Å². The Labute approximate surface area is 132 Å². The zero-order valence-electron chi connectivity index (χ0n) is 12.6. The third-order valence-corrected chi connectivity index (χ3v) is 5.54. The molecule has 0 spiro atoms. The number of carbonyl (C=O) groups excluding carboxylic acids is 1. The number of hydrogen-bond acceptors (Lipinski definition) is 5. The minimum atomic E-state index is -0.333. The molecule has 0 amide bonds. The van der Waals surface area contributed by atoms with Crippen molar-refractivity contribution in [1.82, 2.24) is 14.6 Å². The molecule has 120 valence electrons. The predicted molar refractivity (Wildman–Crippen MR) is 79.8 cm³/mol. The summed E-state index contributed by atoms with van der Waals surface area (Å²) in [5.74, 6) is 0.890. The van der Waals surface area contributed by atoms with E-state index in [0.717, 1.165) is 30.9 Å². The van der Waals surface area contributed by atoms with Gasteiger partial charge in [-0.25, -0.2) is 13.9 Å². The van der Waals surface area contributed by atoms with E-state index in [1.54, 1.807) is 10.6 Å². The van der Waals surface area contributed by atoms with Gasteiger partial charge in [0.2, 0.25) is 5.95 Å². The van der Waals surface area contributed by atoms with E-state index in [4.69, 9.17) is 4.74 Å². The van der Waals surface area contributed by atoms with Crippen LogP contribution in [0.4, 0.5) is 10.3 Å². The van der Waals surface area contributed by atoms with E-state index in [9.17, 15) is 9.18 Å². The summed E-state index contributed by atoms with van der Waals surface area (Å²) >= 11 is 0. The average molecular weight is 316 g/mol. The first-order valence-corrected chi connectivity index (χ1v) is 8.06. The lowest BCUT2D eigenvalue weighted by Crippen LogP contribution is -2.55. The first-order chi connectivity index (χ1) is 11.1. The highest BCUT2D eigenvalue weighted by molar-refractivity contribution is 5.87. The molecule has 0 radical (unpaired) electrons. The van der Waals surface area contributed by atoms with Gasteiger partial charge in [0.1, 0.15) is 12.1 Å². The minimum absolute atomic E-state index is 0.00159. The van der Waals surface area contributed by atoms with Crippen LogP contribution in [0.3, 0.4) is 0 Å². The van der Waals surface area contributed by atoms with Gasteiger partial charge in [0.25, 0.3) is 0 Å². The molecule has 0 aromatic carbocycles. The molecule has 23 heavy (non-hydrogen) atoms. The SMILES string of the molecule is O=C1COCC[C@H]1Nc1ncc2c(F)cc(C34CC(C3)C4)n2n1. The number of aromatic nitrogens is 3. The highest BCUT2D eigenvalue weighted by Gasteiger charge is 2.59. The summed E-state index contributed by atoms with van der Waals surface area (Å²) in [4.78, 5) is 16.0. The Morgan fingerprint density at radius 2 is 2.22 bits per heavy atom. The summed E-state index contributed by atoms with van der Waals surface area (Å²) in [6.07, 6.45) is 5.47. The number of nitrogens with zero attached hydrogens (tertiary/aromatic N) is 3. The number of halogens is 1. The third kappa shape index (κ3) is 1.86. The summed E-state index contributed by atoms with van der Waals surface area (Å²) in [5.41, 5.74) is 1.45. The number of hydrogen-bond donors (Lipinski definition) is 1. The average Bonchev–Trinajstić information content (AvgIpc) is 2.75. The van der Waals surface area contributed by atoms with Gasteiger partial charge in [-0.15, -0.1) is 5.10 Å². The van der Waals surface area contributed by atoms with Gasteiger partial charge in [0.15, 0.2) is 11.6 Å². The van der Waals surface area contributed by atoms with E-state index in [0.29, 0.717) is 24.5 Å². The number of anilines is 1. The lowest BCUT2D eigenvalue weighted by molar-refractivity contribution is -0.128. The standard InChI is InChI=1S/C16H17FN4O2/c17-10-3-14(16-4-9(5-16)6-16)21-12(10)7-18-15(20-21)19-11-1-2-23-8-13(11)22/h3,7,9,11H,1-2,4-6,8H2,(H,19,20)/t9?,11-,16?/m1/s1. The second kappa shape index (κ2) is 4.50. The second-order valence-corrected chi connectivity index (χ2v) is 7.02. The van der Waals surface area contributed by atoms with Gasteiger partial charge in [-0.1, -0.05) is 0 Å². The number of ketones is 1. The zero-order chi connectivity index (χ0) is 15.6. The van der Waals surface area contributed by atoms with Gasteiger partial charge in [0, 0.05) is 12.0 Å². The third-order valence-electron chi connectivity index (χ3n) is 5.54. The highest BCUT2D eigenvalue weighted by atomic mass is 19.1. The smallest absolute Gasteiger partial charge is 0.241 e. The van der Waals surface area contributed by atoms with Crippen molar-refractivity contribution >= 4 is 17.2 Å². The molecule has 3 aliphatic carbocycles. The molecule has 4 fully saturated rings. The van der Waals surface area contributed by atoms with Crippen LogP contribution in [-0.4, -0.2) is 39.6 Å². The molecule has 1 saturated heterocycles. The molecule has 3 heterocycles. The fourth-order valence-corrected chi connectivity index (χ4v) is 4.13. The van der Waals surface area contributed by atoms with Crippen LogP contribution in [0.1, 0.15) is 31.4 Å². The molecule has 6 nitrogen and oxygen atoms in total.